The summed E-state index contributed by atoms with van der Waals surface area (Å²) >= 11 is 1.91. The van der Waals surface area contributed by atoms with Gasteiger partial charge in [0.25, 0.3) is 0 Å². The van der Waals surface area contributed by atoms with E-state index in [2.05, 4.69) is 23.4 Å². The zero-order valence-corrected chi connectivity index (χ0v) is 9.59. The first-order chi connectivity index (χ1) is 7.83. The second-order valence-corrected chi connectivity index (χ2v) is 5.03. The van der Waals surface area contributed by atoms with Gasteiger partial charge in [-0.15, -0.1) is 11.8 Å². The number of benzene rings is 1. The predicted octanol–water partition coefficient (Wildman–Crippen LogP) is 2.96. The molecule has 1 aliphatic rings. The van der Waals surface area contributed by atoms with Crippen molar-refractivity contribution in [3.8, 4) is 11.3 Å². The fourth-order valence-electron chi connectivity index (χ4n) is 1.92. The molecule has 0 spiro atoms. The fraction of sp³-hybridized carbons (Fsp3) is 0.250. The lowest BCUT2D eigenvalue weighted by molar-refractivity contribution is 0.439. The van der Waals surface area contributed by atoms with Crippen LogP contribution in [-0.4, -0.2) is 10.9 Å². The van der Waals surface area contributed by atoms with Crippen molar-refractivity contribution in [3.63, 3.8) is 0 Å². The van der Waals surface area contributed by atoms with Gasteiger partial charge in [-0.3, -0.25) is 0 Å². The van der Waals surface area contributed by atoms with E-state index in [-0.39, 0.29) is 0 Å². The van der Waals surface area contributed by atoms with E-state index >= 15 is 0 Å². The van der Waals surface area contributed by atoms with Crippen LogP contribution in [0.15, 0.2) is 33.7 Å². The Balaban J connectivity index is 2.02. The summed E-state index contributed by atoms with van der Waals surface area (Å²) in [7, 11) is 0. The minimum absolute atomic E-state index is 0.361. The smallest absolute Gasteiger partial charge is 0.222 e. The molecule has 1 aliphatic heterocycles. The van der Waals surface area contributed by atoms with Gasteiger partial charge in [-0.2, -0.15) is 0 Å². The molecule has 82 valence electrons. The van der Waals surface area contributed by atoms with Crippen LogP contribution < -0.4 is 5.73 Å². The quantitative estimate of drug-likeness (QED) is 0.821. The number of nitrogens with zero attached hydrogens (tertiary/aromatic N) is 1. The van der Waals surface area contributed by atoms with Crippen LogP contribution in [0.1, 0.15) is 12.0 Å². The number of hydrogen-bond donors (Lipinski definition) is 1. The van der Waals surface area contributed by atoms with Crippen molar-refractivity contribution in [1.82, 2.24) is 5.16 Å². The molecule has 3 rings (SSSR count). The van der Waals surface area contributed by atoms with Crippen LogP contribution in [0.3, 0.4) is 0 Å². The van der Waals surface area contributed by atoms with Crippen LogP contribution in [0, 0.1) is 0 Å². The summed E-state index contributed by atoms with van der Waals surface area (Å²) in [5.41, 5.74) is 8.85. The highest BCUT2D eigenvalue weighted by Gasteiger charge is 2.12. The standard InChI is InChI=1S/C12H12N2OS/c13-12-7-10(14-15-12)9-4-3-8-2-1-5-16-11(8)6-9/h3-4,6-7H,1-2,5,13H2. The number of anilines is 1. The molecule has 0 aliphatic carbocycles. The van der Waals surface area contributed by atoms with Crippen LogP contribution in [0.4, 0.5) is 5.88 Å². The summed E-state index contributed by atoms with van der Waals surface area (Å²) < 4.78 is 4.88. The maximum absolute atomic E-state index is 5.52. The molecule has 1 aromatic heterocycles. The lowest BCUT2D eigenvalue weighted by atomic mass is 10.1. The molecular weight excluding hydrogens is 220 g/mol. The monoisotopic (exact) mass is 232 g/mol. The Morgan fingerprint density at radius 1 is 1.31 bits per heavy atom. The first kappa shape index (κ1) is 9.78. The fourth-order valence-corrected chi connectivity index (χ4v) is 3.00. The van der Waals surface area contributed by atoms with Crippen molar-refractivity contribution in [2.24, 2.45) is 0 Å². The molecule has 0 radical (unpaired) electrons. The van der Waals surface area contributed by atoms with Gasteiger partial charge < -0.3 is 10.3 Å². The third kappa shape index (κ3) is 1.69. The van der Waals surface area contributed by atoms with E-state index in [1.807, 2.05) is 11.8 Å². The molecule has 4 heteroatoms. The lowest BCUT2D eigenvalue weighted by Crippen LogP contribution is -1.98. The normalized spacial score (nSPS) is 14.8. The molecule has 0 bridgehead atoms. The van der Waals surface area contributed by atoms with Crippen molar-refractivity contribution < 1.29 is 4.52 Å². The van der Waals surface area contributed by atoms with Crippen LogP contribution >= 0.6 is 11.8 Å². The van der Waals surface area contributed by atoms with Crippen LogP contribution in [0.2, 0.25) is 0 Å². The molecule has 0 saturated heterocycles. The van der Waals surface area contributed by atoms with Crippen molar-refractivity contribution in [2.45, 2.75) is 17.7 Å². The van der Waals surface area contributed by atoms with Crippen LogP contribution in [0.25, 0.3) is 11.3 Å². The molecule has 2 aromatic rings. The van der Waals surface area contributed by atoms with Gasteiger partial charge in [0.1, 0.15) is 5.69 Å². The van der Waals surface area contributed by atoms with Gasteiger partial charge in [0.15, 0.2) is 0 Å². The third-order valence-electron chi connectivity index (χ3n) is 2.74. The van der Waals surface area contributed by atoms with Gasteiger partial charge in [-0.05, 0) is 30.2 Å². The number of nitrogen functional groups attached to an aromatic ring is 1. The first-order valence-electron chi connectivity index (χ1n) is 5.31. The Morgan fingerprint density at radius 3 is 3.06 bits per heavy atom. The number of hydrogen-bond acceptors (Lipinski definition) is 4. The van der Waals surface area contributed by atoms with Crippen molar-refractivity contribution in [1.29, 1.82) is 0 Å². The van der Waals surface area contributed by atoms with Gasteiger partial charge in [0.2, 0.25) is 5.88 Å². The topological polar surface area (TPSA) is 52.0 Å². The molecule has 0 amide bonds. The van der Waals surface area contributed by atoms with Gasteiger partial charge >= 0.3 is 0 Å². The SMILES string of the molecule is Nc1cc(-c2ccc3c(c2)SCCC3)no1. The van der Waals surface area contributed by atoms with Gasteiger partial charge in [-0.1, -0.05) is 17.3 Å². The summed E-state index contributed by atoms with van der Waals surface area (Å²) in [5.74, 6) is 1.57. The molecule has 3 nitrogen and oxygen atoms in total. The maximum atomic E-state index is 5.52. The average molecular weight is 232 g/mol. The lowest BCUT2D eigenvalue weighted by Gasteiger charge is -2.15. The number of thioether (sulfide) groups is 1. The Kier molecular flexibility index (Phi) is 2.36. The second kappa shape index (κ2) is 3.87. The first-order valence-corrected chi connectivity index (χ1v) is 6.30. The maximum Gasteiger partial charge on any atom is 0.222 e. The Labute approximate surface area is 98.0 Å². The van der Waals surface area contributed by atoms with Gasteiger partial charge in [-0.25, -0.2) is 0 Å². The third-order valence-corrected chi connectivity index (χ3v) is 3.92. The summed E-state index contributed by atoms with van der Waals surface area (Å²) in [6, 6.07) is 8.20. The van der Waals surface area contributed by atoms with E-state index in [9.17, 15) is 0 Å². The minimum atomic E-state index is 0.361. The van der Waals surface area contributed by atoms with Gasteiger partial charge in [0, 0.05) is 16.5 Å². The number of rotatable bonds is 1. The number of aryl methyl sites for hydroxylation is 1. The molecule has 0 atom stereocenters. The summed E-state index contributed by atoms with van der Waals surface area (Å²) in [5, 5.41) is 3.93. The number of aromatic nitrogens is 1. The van der Waals surface area contributed by atoms with Crippen molar-refractivity contribution in [3.05, 3.63) is 29.8 Å². The number of fused-ring (bicyclic) bond motifs is 1. The predicted molar refractivity (Wildman–Crippen MR) is 65.4 cm³/mol. The highest BCUT2D eigenvalue weighted by atomic mass is 32.2. The van der Waals surface area contributed by atoms with Crippen LogP contribution in [0.5, 0.6) is 0 Å². The Morgan fingerprint density at radius 2 is 2.25 bits per heavy atom. The molecule has 0 saturated carbocycles. The van der Waals surface area contributed by atoms with E-state index in [1.54, 1.807) is 6.07 Å². The van der Waals surface area contributed by atoms with E-state index < -0.39 is 0 Å². The van der Waals surface area contributed by atoms with Crippen LogP contribution in [-0.2, 0) is 6.42 Å². The van der Waals surface area contributed by atoms with E-state index in [0.717, 1.165) is 11.3 Å². The Hall–Kier alpha value is -1.42. The minimum Gasteiger partial charge on any atom is -0.368 e. The average Bonchev–Trinajstić information content (AvgIpc) is 2.75. The highest BCUT2D eigenvalue weighted by molar-refractivity contribution is 7.99. The molecule has 1 aromatic carbocycles. The second-order valence-electron chi connectivity index (χ2n) is 3.89. The molecule has 0 fully saturated rings. The van der Waals surface area contributed by atoms with Gasteiger partial charge in [0.05, 0.1) is 0 Å². The molecule has 2 heterocycles. The summed E-state index contributed by atoms with van der Waals surface area (Å²) in [4.78, 5) is 1.37. The zero-order chi connectivity index (χ0) is 11.0. The Bertz CT molecular complexity index is 521. The molecule has 0 unspecified atom stereocenters. The van der Waals surface area contributed by atoms with E-state index in [0.29, 0.717) is 5.88 Å². The van der Waals surface area contributed by atoms with Crippen molar-refractivity contribution >= 4 is 17.6 Å². The summed E-state index contributed by atoms with van der Waals surface area (Å²) in [6.45, 7) is 0. The highest BCUT2D eigenvalue weighted by Crippen LogP contribution is 2.33. The molecular formula is C12H12N2OS. The number of nitrogens with two attached hydrogens (primary N) is 1. The van der Waals surface area contributed by atoms with E-state index in [1.165, 1.54) is 29.1 Å². The molecule has 2 N–H and O–H groups in total. The molecule has 16 heavy (non-hydrogen) atoms. The zero-order valence-electron chi connectivity index (χ0n) is 8.77. The summed E-state index contributed by atoms with van der Waals surface area (Å²) in [6.07, 6.45) is 2.46. The van der Waals surface area contributed by atoms with Crippen molar-refractivity contribution in [2.75, 3.05) is 11.5 Å². The largest absolute Gasteiger partial charge is 0.368 e. The van der Waals surface area contributed by atoms with E-state index in [4.69, 9.17) is 10.3 Å².